The van der Waals surface area contributed by atoms with Crippen LogP contribution < -0.4 is 20.7 Å². The van der Waals surface area contributed by atoms with Crippen LogP contribution in [0.25, 0.3) is 0 Å². The van der Waals surface area contributed by atoms with Gasteiger partial charge in [0, 0.05) is 32.2 Å². The lowest BCUT2D eigenvalue weighted by molar-refractivity contribution is 0.0954. The molecule has 0 aliphatic heterocycles. The zero-order valence-electron chi connectivity index (χ0n) is 16.7. The third kappa shape index (κ3) is 9.12. The molecule has 0 saturated heterocycles. The van der Waals surface area contributed by atoms with Gasteiger partial charge in [0.05, 0.1) is 6.61 Å². The van der Waals surface area contributed by atoms with Gasteiger partial charge < -0.3 is 20.7 Å². The Labute approximate surface area is 188 Å². The average Bonchev–Trinajstić information content (AvgIpc) is 2.72. The van der Waals surface area contributed by atoms with Gasteiger partial charge in [0.15, 0.2) is 5.96 Å². The molecule has 29 heavy (non-hydrogen) atoms. The van der Waals surface area contributed by atoms with E-state index in [1.54, 1.807) is 26.1 Å². The van der Waals surface area contributed by atoms with Gasteiger partial charge in [-0.2, -0.15) is 0 Å². The number of halogens is 2. The molecule has 3 N–H and O–H groups in total. The number of benzene rings is 2. The summed E-state index contributed by atoms with van der Waals surface area (Å²) in [7, 11) is 1.68. The lowest BCUT2D eigenvalue weighted by atomic mass is 10.1. The molecule has 0 radical (unpaired) electrons. The molecule has 0 atom stereocenters. The molecule has 0 saturated carbocycles. The zero-order chi connectivity index (χ0) is 20.2. The molecule has 2 aromatic rings. The maximum absolute atomic E-state index is 13.5. The molecule has 0 unspecified atom stereocenters. The third-order valence-electron chi connectivity index (χ3n) is 3.99. The van der Waals surface area contributed by atoms with Gasteiger partial charge in [-0.3, -0.25) is 9.79 Å². The standard InChI is InChI=1S/C21H27FN4O2.HI/c1-16-9-10-17(15-19(16)22)20(27)24-12-13-26-21(23-2)25-11-6-14-28-18-7-4-3-5-8-18;/h3-5,7-10,15H,6,11-14H2,1-2H3,(H,24,27)(H2,23,25,26);1H. The van der Waals surface area contributed by atoms with Gasteiger partial charge in [-0.1, -0.05) is 24.3 Å². The Bertz CT molecular complexity index is 788. The van der Waals surface area contributed by atoms with E-state index in [0.29, 0.717) is 43.3 Å². The quantitative estimate of drug-likeness (QED) is 0.208. The molecule has 0 bridgehead atoms. The molecule has 158 valence electrons. The molecule has 6 nitrogen and oxygen atoms in total. The minimum Gasteiger partial charge on any atom is -0.494 e. The number of aliphatic imine (C=N–C) groups is 1. The summed E-state index contributed by atoms with van der Waals surface area (Å²) in [5.41, 5.74) is 0.825. The van der Waals surface area contributed by atoms with Crippen LogP contribution in [-0.2, 0) is 0 Å². The first kappa shape index (κ1) is 24.7. The number of nitrogens with zero attached hydrogens (tertiary/aromatic N) is 1. The molecule has 2 aromatic carbocycles. The van der Waals surface area contributed by atoms with E-state index >= 15 is 0 Å². The fraction of sp³-hybridized carbons (Fsp3) is 0.333. The summed E-state index contributed by atoms with van der Waals surface area (Å²) < 4.78 is 19.2. The van der Waals surface area contributed by atoms with Gasteiger partial charge in [-0.05, 0) is 43.2 Å². The van der Waals surface area contributed by atoms with E-state index in [1.807, 2.05) is 30.3 Å². The number of carbonyl (C=O) groups is 1. The van der Waals surface area contributed by atoms with Crippen molar-refractivity contribution in [1.29, 1.82) is 0 Å². The highest BCUT2D eigenvalue weighted by atomic mass is 127. The number of amides is 1. The van der Waals surface area contributed by atoms with E-state index in [0.717, 1.165) is 12.2 Å². The smallest absolute Gasteiger partial charge is 0.251 e. The minimum absolute atomic E-state index is 0. The predicted molar refractivity (Wildman–Crippen MR) is 125 cm³/mol. The molecule has 0 aliphatic rings. The van der Waals surface area contributed by atoms with Crippen LogP contribution in [0.3, 0.4) is 0 Å². The maximum Gasteiger partial charge on any atom is 0.251 e. The Kier molecular flexibility index (Phi) is 11.7. The number of aryl methyl sites for hydroxylation is 1. The van der Waals surface area contributed by atoms with E-state index < -0.39 is 0 Å². The number of guanidine groups is 1. The highest BCUT2D eigenvalue weighted by molar-refractivity contribution is 14.0. The van der Waals surface area contributed by atoms with Crippen LogP contribution in [0.2, 0.25) is 0 Å². The Hall–Kier alpha value is -2.36. The van der Waals surface area contributed by atoms with Crippen LogP contribution in [0.15, 0.2) is 53.5 Å². The van der Waals surface area contributed by atoms with Gasteiger partial charge in [0.1, 0.15) is 11.6 Å². The molecule has 1 amide bonds. The molecule has 0 heterocycles. The SMILES string of the molecule is CN=C(NCCCOc1ccccc1)NCCNC(=O)c1ccc(C)c(F)c1.I. The maximum atomic E-state index is 13.5. The Balaban J connectivity index is 0.00000420. The molecule has 0 spiro atoms. The molecule has 8 heteroatoms. The number of hydrogen-bond donors (Lipinski definition) is 3. The fourth-order valence-corrected chi connectivity index (χ4v) is 2.40. The second-order valence-electron chi connectivity index (χ2n) is 6.16. The second-order valence-corrected chi connectivity index (χ2v) is 6.16. The Morgan fingerprint density at radius 3 is 2.41 bits per heavy atom. The van der Waals surface area contributed by atoms with Crippen molar-refractivity contribution >= 4 is 35.8 Å². The van der Waals surface area contributed by atoms with Crippen LogP contribution in [0.1, 0.15) is 22.3 Å². The van der Waals surface area contributed by atoms with Gasteiger partial charge in [-0.15, -0.1) is 24.0 Å². The molecular weight excluding hydrogens is 486 g/mol. The van der Waals surface area contributed by atoms with E-state index in [2.05, 4.69) is 20.9 Å². The van der Waals surface area contributed by atoms with Crippen molar-refractivity contribution in [2.75, 3.05) is 33.3 Å². The number of rotatable bonds is 9. The van der Waals surface area contributed by atoms with Crippen molar-refractivity contribution in [3.05, 3.63) is 65.5 Å². The van der Waals surface area contributed by atoms with Gasteiger partial charge in [0.25, 0.3) is 5.91 Å². The highest BCUT2D eigenvalue weighted by Crippen LogP contribution is 2.09. The van der Waals surface area contributed by atoms with Gasteiger partial charge in [0.2, 0.25) is 0 Å². The van der Waals surface area contributed by atoms with Gasteiger partial charge in [-0.25, -0.2) is 4.39 Å². The van der Waals surface area contributed by atoms with Crippen molar-refractivity contribution < 1.29 is 13.9 Å². The largest absolute Gasteiger partial charge is 0.494 e. The summed E-state index contributed by atoms with van der Waals surface area (Å²) in [5.74, 6) is 0.817. The highest BCUT2D eigenvalue weighted by Gasteiger charge is 2.07. The van der Waals surface area contributed by atoms with Crippen LogP contribution >= 0.6 is 24.0 Å². The van der Waals surface area contributed by atoms with Crippen LogP contribution in [0.5, 0.6) is 5.75 Å². The van der Waals surface area contributed by atoms with E-state index in [1.165, 1.54) is 6.07 Å². The number of nitrogens with one attached hydrogen (secondary N) is 3. The summed E-state index contributed by atoms with van der Waals surface area (Å²) >= 11 is 0. The van der Waals surface area contributed by atoms with Crippen molar-refractivity contribution in [3.63, 3.8) is 0 Å². The summed E-state index contributed by atoms with van der Waals surface area (Å²) in [6.07, 6.45) is 0.825. The fourth-order valence-electron chi connectivity index (χ4n) is 2.40. The van der Waals surface area contributed by atoms with Crippen LogP contribution in [-0.4, -0.2) is 45.2 Å². The summed E-state index contributed by atoms with van der Waals surface area (Å²) in [5, 5.41) is 9.05. The van der Waals surface area contributed by atoms with E-state index in [9.17, 15) is 9.18 Å². The van der Waals surface area contributed by atoms with Crippen molar-refractivity contribution in [2.45, 2.75) is 13.3 Å². The molecule has 0 fully saturated rings. The zero-order valence-corrected chi connectivity index (χ0v) is 19.0. The lowest BCUT2D eigenvalue weighted by Gasteiger charge is -2.13. The topological polar surface area (TPSA) is 74.8 Å². The van der Waals surface area contributed by atoms with Gasteiger partial charge >= 0.3 is 0 Å². The Morgan fingerprint density at radius 2 is 1.72 bits per heavy atom. The summed E-state index contributed by atoms with van der Waals surface area (Å²) in [6.45, 7) is 3.87. The molecule has 2 rings (SSSR count). The normalized spacial score (nSPS) is 10.7. The number of ether oxygens (including phenoxy) is 1. The van der Waals surface area contributed by atoms with Crippen molar-refractivity contribution in [1.82, 2.24) is 16.0 Å². The molecule has 0 aliphatic carbocycles. The predicted octanol–water partition coefficient (Wildman–Crippen LogP) is 3.12. The first-order valence-corrected chi connectivity index (χ1v) is 9.27. The summed E-state index contributed by atoms with van der Waals surface area (Å²) in [6, 6.07) is 14.1. The van der Waals surface area contributed by atoms with Crippen LogP contribution in [0.4, 0.5) is 4.39 Å². The van der Waals surface area contributed by atoms with Crippen LogP contribution in [0, 0.1) is 12.7 Å². The van der Waals surface area contributed by atoms with Crippen molar-refractivity contribution in [2.24, 2.45) is 4.99 Å². The molecular formula is C21H28FIN4O2. The average molecular weight is 514 g/mol. The number of para-hydroxylation sites is 1. The van der Waals surface area contributed by atoms with Crippen molar-refractivity contribution in [3.8, 4) is 5.75 Å². The van der Waals surface area contributed by atoms with E-state index in [-0.39, 0.29) is 35.7 Å². The first-order valence-electron chi connectivity index (χ1n) is 9.27. The summed E-state index contributed by atoms with van der Waals surface area (Å²) in [4.78, 5) is 16.1. The second kappa shape index (κ2) is 13.8. The molecule has 0 aromatic heterocycles. The number of carbonyl (C=O) groups excluding carboxylic acids is 1. The third-order valence-corrected chi connectivity index (χ3v) is 3.99. The minimum atomic E-state index is -0.383. The lowest BCUT2D eigenvalue weighted by Crippen LogP contribution is -2.42. The monoisotopic (exact) mass is 514 g/mol. The Morgan fingerprint density at radius 1 is 1.03 bits per heavy atom. The van der Waals surface area contributed by atoms with E-state index in [4.69, 9.17) is 4.74 Å². The number of hydrogen-bond acceptors (Lipinski definition) is 3. The first-order chi connectivity index (χ1) is 13.6.